The van der Waals surface area contributed by atoms with E-state index < -0.39 is 6.04 Å². The van der Waals surface area contributed by atoms with Gasteiger partial charge in [0.15, 0.2) is 0 Å². The number of aromatic nitrogens is 2. The second kappa shape index (κ2) is 7.99. The highest BCUT2D eigenvalue weighted by atomic mass is 35.5. The average Bonchev–Trinajstić information content (AvgIpc) is 2.94. The van der Waals surface area contributed by atoms with Gasteiger partial charge in [0.25, 0.3) is 0 Å². The molecule has 1 aromatic carbocycles. The number of nitrogens with one attached hydrogen (secondary N) is 1. The summed E-state index contributed by atoms with van der Waals surface area (Å²) in [5.74, 6) is 0.658. The molecule has 1 amide bonds. The lowest BCUT2D eigenvalue weighted by Gasteiger charge is -2.23. The molecule has 1 unspecified atom stereocenters. The number of hydrogen-bond acceptors (Lipinski definition) is 4. The van der Waals surface area contributed by atoms with Crippen molar-refractivity contribution in [2.24, 2.45) is 7.05 Å². The summed E-state index contributed by atoms with van der Waals surface area (Å²) in [7, 11) is 5.33. The third kappa shape index (κ3) is 4.71. The molecule has 0 fully saturated rings. The van der Waals surface area contributed by atoms with Gasteiger partial charge in [-0.3, -0.25) is 9.48 Å². The highest BCUT2D eigenvalue weighted by Crippen LogP contribution is 2.17. The fourth-order valence-electron chi connectivity index (χ4n) is 2.21. The van der Waals surface area contributed by atoms with Crippen molar-refractivity contribution in [1.29, 1.82) is 0 Å². The summed E-state index contributed by atoms with van der Waals surface area (Å²) in [6, 6.07) is 6.77. The first-order valence-electron chi connectivity index (χ1n) is 7.30. The van der Waals surface area contributed by atoms with Gasteiger partial charge in [0, 0.05) is 30.9 Å². The molecule has 1 N–H and O–H groups in total. The van der Waals surface area contributed by atoms with Crippen LogP contribution in [0.3, 0.4) is 0 Å². The van der Waals surface area contributed by atoms with Crippen LogP contribution < -0.4 is 10.1 Å². The van der Waals surface area contributed by atoms with Crippen LogP contribution >= 0.6 is 11.6 Å². The van der Waals surface area contributed by atoms with Crippen molar-refractivity contribution in [2.45, 2.75) is 6.04 Å². The minimum Gasteiger partial charge on any atom is -0.492 e. The Morgan fingerprint density at radius 2 is 2.30 bits per heavy atom. The number of halogens is 1. The van der Waals surface area contributed by atoms with E-state index in [-0.39, 0.29) is 5.91 Å². The van der Waals surface area contributed by atoms with Crippen LogP contribution in [0.25, 0.3) is 0 Å². The van der Waals surface area contributed by atoms with E-state index in [0.717, 1.165) is 5.56 Å². The molecule has 23 heavy (non-hydrogen) atoms. The Kier molecular flexibility index (Phi) is 6.01. The number of benzene rings is 1. The maximum atomic E-state index is 12.5. The van der Waals surface area contributed by atoms with Crippen molar-refractivity contribution in [3.8, 4) is 5.75 Å². The van der Waals surface area contributed by atoms with Gasteiger partial charge in [-0.05, 0) is 25.2 Å². The molecule has 0 aliphatic carbocycles. The summed E-state index contributed by atoms with van der Waals surface area (Å²) in [6.45, 7) is 0.871. The Balaban J connectivity index is 1.88. The zero-order chi connectivity index (χ0) is 16.8. The molecule has 0 bridgehead atoms. The van der Waals surface area contributed by atoms with Crippen molar-refractivity contribution in [3.05, 3.63) is 47.2 Å². The predicted octanol–water partition coefficient (Wildman–Crippen LogP) is 1.87. The van der Waals surface area contributed by atoms with Crippen molar-refractivity contribution in [1.82, 2.24) is 20.0 Å². The molecular weight excluding hydrogens is 316 g/mol. The quantitative estimate of drug-likeness (QED) is 0.838. The smallest absolute Gasteiger partial charge is 0.244 e. The normalized spacial score (nSPS) is 12.0. The lowest BCUT2D eigenvalue weighted by atomic mass is 10.1. The maximum Gasteiger partial charge on any atom is 0.244 e. The minimum absolute atomic E-state index is 0.0322. The monoisotopic (exact) mass is 336 g/mol. The standard InChI is InChI=1S/C16H21ClN4O2/c1-18-15(12-10-19-21(3)11-12)16(22)20(2)7-8-23-14-6-4-5-13(17)9-14/h4-6,9-11,15,18H,7-8H2,1-3H3. The Morgan fingerprint density at radius 1 is 1.52 bits per heavy atom. The van der Waals surface area contributed by atoms with E-state index in [1.807, 2.05) is 25.4 Å². The summed E-state index contributed by atoms with van der Waals surface area (Å²) in [6.07, 6.45) is 3.52. The Hall–Kier alpha value is -2.05. The second-order valence-electron chi connectivity index (χ2n) is 5.23. The average molecular weight is 337 g/mol. The summed E-state index contributed by atoms with van der Waals surface area (Å²) in [5.41, 5.74) is 0.836. The zero-order valence-electron chi connectivity index (χ0n) is 13.5. The summed E-state index contributed by atoms with van der Waals surface area (Å²) >= 11 is 5.91. The predicted molar refractivity (Wildman–Crippen MR) is 89.6 cm³/mol. The number of carbonyl (C=O) groups is 1. The van der Waals surface area contributed by atoms with E-state index in [4.69, 9.17) is 16.3 Å². The molecule has 0 aliphatic rings. The molecule has 0 saturated heterocycles. The van der Waals surface area contributed by atoms with Crippen LogP contribution in [0, 0.1) is 0 Å². The van der Waals surface area contributed by atoms with Crippen LogP contribution in [0.5, 0.6) is 5.75 Å². The molecule has 0 aliphatic heterocycles. The third-order valence-electron chi connectivity index (χ3n) is 3.46. The Bertz CT molecular complexity index is 659. The van der Waals surface area contributed by atoms with Gasteiger partial charge in [-0.15, -0.1) is 0 Å². The van der Waals surface area contributed by atoms with Crippen molar-refractivity contribution < 1.29 is 9.53 Å². The first-order valence-corrected chi connectivity index (χ1v) is 7.68. The number of nitrogens with zero attached hydrogens (tertiary/aromatic N) is 3. The molecule has 0 saturated carbocycles. The van der Waals surface area contributed by atoms with E-state index >= 15 is 0 Å². The lowest BCUT2D eigenvalue weighted by Crippen LogP contribution is -2.39. The van der Waals surface area contributed by atoms with Gasteiger partial charge < -0.3 is 15.0 Å². The van der Waals surface area contributed by atoms with E-state index in [1.54, 1.807) is 42.0 Å². The van der Waals surface area contributed by atoms with Crippen molar-refractivity contribution in [3.63, 3.8) is 0 Å². The Labute approximate surface area is 141 Å². The van der Waals surface area contributed by atoms with Crippen LogP contribution in [0.4, 0.5) is 0 Å². The fraction of sp³-hybridized carbons (Fsp3) is 0.375. The maximum absolute atomic E-state index is 12.5. The van der Waals surface area contributed by atoms with Gasteiger partial charge in [0.2, 0.25) is 5.91 Å². The van der Waals surface area contributed by atoms with Crippen molar-refractivity contribution >= 4 is 17.5 Å². The lowest BCUT2D eigenvalue weighted by molar-refractivity contribution is -0.132. The van der Waals surface area contributed by atoms with Gasteiger partial charge >= 0.3 is 0 Å². The molecule has 0 spiro atoms. The highest BCUT2D eigenvalue weighted by molar-refractivity contribution is 6.30. The molecule has 124 valence electrons. The molecule has 7 heteroatoms. The first kappa shape index (κ1) is 17.3. The molecule has 2 rings (SSSR count). The number of ether oxygens (including phenoxy) is 1. The number of likely N-dealkylation sites (N-methyl/N-ethyl adjacent to an activating group) is 2. The highest BCUT2D eigenvalue weighted by Gasteiger charge is 2.23. The van der Waals surface area contributed by atoms with Gasteiger partial charge in [0.1, 0.15) is 18.4 Å². The molecule has 1 aromatic heterocycles. The largest absolute Gasteiger partial charge is 0.492 e. The van der Waals surface area contributed by atoms with Gasteiger partial charge in [0.05, 0.1) is 12.7 Å². The molecule has 1 atom stereocenters. The SMILES string of the molecule is CNC(C(=O)N(C)CCOc1cccc(Cl)c1)c1cnn(C)c1. The molecule has 2 aromatic rings. The third-order valence-corrected chi connectivity index (χ3v) is 3.70. The topological polar surface area (TPSA) is 59.4 Å². The fourth-order valence-corrected chi connectivity index (χ4v) is 2.39. The van der Waals surface area contributed by atoms with Crippen LogP contribution in [0.2, 0.25) is 5.02 Å². The summed E-state index contributed by atoms with van der Waals surface area (Å²) in [5, 5.41) is 7.75. The van der Waals surface area contributed by atoms with Crippen LogP contribution in [-0.2, 0) is 11.8 Å². The number of aryl methyl sites for hydroxylation is 1. The van der Waals surface area contributed by atoms with E-state index in [2.05, 4.69) is 10.4 Å². The van der Waals surface area contributed by atoms with E-state index in [9.17, 15) is 4.79 Å². The second-order valence-corrected chi connectivity index (χ2v) is 5.67. The number of carbonyl (C=O) groups excluding carboxylic acids is 1. The van der Waals surface area contributed by atoms with Gasteiger partial charge in [-0.1, -0.05) is 17.7 Å². The molecule has 6 nitrogen and oxygen atoms in total. The minimum atomic E-state index is -0.417. The van der Waals surface area contributed by atoms with Crippen LogP contribution in [0.1, 0.15) is 11.6 Å². The molecule has 1 heterocycles. The first-order chi connectivity index (χ1) is 11.0. The number of amides is 1. The van der Waals surface area contributed by atoms with Crippen molar-refractivity contribution in [2.75, 3.05) is 27.2 Å². The van der Waals surface area contributed by atoms with E-state index in [1.165, 1.54) is 0 Å². The van der Waals surface area contributed by atoms with Gasteiger partial charge in [-0.25, -0.2) is 0 Å². The molecule has 0 radical (unpaired) electrons. The summed E-state index contributed by atoms with van der Waals surface area (Å²) in [4.78, 5) is 14.2. The van der Waals surface area contributed by atoms with Crippen LogP contribution in [0.15, 0.2) is 36.7 Å². The number of hydrogen-bond donors (Lipinski definition) is 1. The zero-order valence-corrected chi connectivity index (χ0v) is 14.2. The van der Waals surface area contributed by atoms with Gasteiger partial charge in [-0.2, -0.15) is 5.10 Å². The molecular formula is C16H21ClN4O2. The summed E-state index contributed by atoms with van der Waals surface area (Å²) < 4.78 is 7.29. The Morgan fingerprint density at radius 3 is 2.91 bits per heavy atom. The van der Waals surface area contributed by atoms with Crippen LogP contribution in [-0.4, -0.2) is 47.8 Å². The van der Waals surface area contributed by atoms with E-state index in [0.29, 0.717) is 23.9 Å². The number of rotatable bonds is 7.